The molecule has 22 heavy (non-hydrogen) atoms. The summed E-state index contributed by atoms with van der Waals surface area (Å²) >= 11 is 5.88. The first-order valence-corrected chi connectivity index (χ1v) is 10.4. The van der Waals surface area contributed by atoms with Gasteiger partial charge in [-0.2, -0.15) is 4.31 Å². The first kappa shape index (κ1) is 17.7. The monoisotopic (exact) mass is 367 g/mol. The van der Waals surface area contributed by atoms with Gasteiger partial charge in [0.25, 0.3) is 0 Å². The number of aryl methyl sites for hydroxylation is 1. The summed E-state index contributed by atoms with van der Waals surface area (Å²) in [4.78, 5) is 0.0396. The summed E-state index contributed by atoms with van der Waals surface area (Å²) < 4.78 is 50.0. The topological polar surface area (TPSA) is 91.8 Å². The van der Waals surface area contributed by atoms with Crippen LogP contribution in [0.5, 0.6) is 0 Å². The molecule has 2 rings (SSSR count). The number of aliphatic hydroxyl groups excluding tert-OH is 1. The zero-order valence-electron chi connectivity index (χ0n) is 12.1. The van der Waals surface area contributed by atoms with E-state index >= 15 is 0 Å². The molecule has 0 unspecified atom stereocenters. The van der Waals surface area contributed by atoms with Gasteiger partial charge in [0, 0.05) is 17.6 Å². The average molecular weight is 368 g/mol. The van der Waals surface area contributed by atoms with Gasteiger partial charge in [-0.3, -0.25) is 0 Å². The summed E-state index contributed by atoms with van der Waals surface area (Å²) in [5.41, 5.74) is 0.521. The third kappa shape index (κ3) is 3.62. The normalized spacial score (nSPS) is 21.4. The van der Waals surface area contributed by atoms with E-state index in [0.717, 1.165) is 4.31 Å². The molecule has 0 radical (unpaired) electrons. The van der Waals surface area contributed by atoms with Crippen molar-refractivity contribution in [3.8, 4) is 0 Å². The molecule has 124 valence electrons. The summed E-state index contributed by atoms with van der Waals surface area (Å²) in [6.07, 6.45) is 0.237. The van der Waals surface area contributed by atoms with E-state index in [4.69, 9.17) is 11.6 Å². The average Bonchev–Trinajstić information content (AvgIpc) is 2.78. The van der Waals surface area contributed by atoms with Gasteiger partial charge in [0.15, 0.2) is 9.84 Å². The molecule has 1 aromatic rings. The van der Waals surface area contributed by atoms with Crippen molar-refractivity contribution in [1.29, 1.82) is 0 Å². The number of benzene rings is 1. The number of nitrogens with zero attached hydrogens (tertiary/aromatic N) is 1. The Morgan fingerprint density at radius 1 is 1.41 bits per heavy atom. The van der Waals surface area contributed by atoms with Crippen molar-refractivity contribution in [3.63, 3.8) is 0 Å². The third-order valence-corrected chi connectivity index (χ3v) is 7.75. The molecule has 0 bridgehead atoms. The zero-order valence-corrected chi connectivity index (χ0v) is 14.5. The van der Waals surface area contributed by atoms with Crippen molar-refractivity contribution in [1.82, 2.24) is 4.31 Å². The molecule has 1 N–H and O–H groups in total. The van der Waals surface area contributed by atoms with Crippen molar-refractivity contribution in [2.24, 2.45) is 0 Å². The van der Waals surface area contributed by atoms with Crippen LogP contribution in [0.25, 0.3) is 0 Å². The van der Waals surface area contributed by atoms with Gasteiger partial charge in [0.1, 0.15) is 0 Å². The van der Waals surface area contributed by atoms with Gasteiger partial charge in [0.05, 0.1) is 23.0 Å². The minimum Gasteiger partial charge on any atom is -0.395 e. The van der Waals surface area contributed by atoms with Crippen LogP contribution in [0.1, 0.15) is 12.0 Å². The van der Waals surface area contributed by atoms with Crippen LogP contribution < -0.4 is 0 Å². The van der Waals surface area contributed by atoms with Crippen LogP contribution in [0.4, 0.5) is 0 Å². The Morgan fingerprint density at radius 2 is 2.09 bits per heavy atom. The molecular formula is C13H18ClNO5S2. The maximum absolute atomic E-state index is 12.9. The molecule has 6 nitrogen and oxygen atoms in total. The molecule has 1 aliphatic heterocycles. The van der Waals surface area contributed by atoms with E-state index in [1.165, 1.54) is 6.07 Å². The first-order chi connectivity index (χ1) is 10.2. The van der Waals surface area contributed by atoms with Gasteiger partial charge < -0.3 is 5.11 Å². The van der Waals surface area contributed by atoms with E-state index in [0.29, 0.717) is 5.56 Å². The number of sulfonamides is 1. The molecule has 0 aliphatic carbocycles. The van der Waals surface area contributed by atoms with Crippen molar-refractivity contribution >= 4 is 31.5 Å². The smallest absolute Gasteiger partial charge is 0.243 e. The van der Waals surface area contributed by atoms with E-state index in [9.17, 15) is 21.9 Å². The van der Waals surface area contributed by atoms with Gasteiger partial charge in [-0.15, -0.1) is 0 Å². The Kier molecular flexibility index (Phi) is 5.18. The van der Waals surface area contributed by atoms with Crippen LogP contribution >= 0.6 is 11.6 Å². The lowest BCUT2D eigenvalue weighted by Gasteiger charge is -2.27. The quantitative estimate of drug-likeness (QED) is 0.831. The lowest BCUT2D eigenvalue weighted by atomic mass is 10.2. The highest BCUT2D eigenvalue weighted by atomic mass is 35.5. The Balaban J connectivity index is 2.45. The minimum absolute atomic E-state index is 0.0381. The second-order valence-electron chi connectivity index (χ2n) is 5.31. The van der Waals surface area contributed by atoms with Crippen LogP contribution in [-0.4, -0.2) is 56.9 Å². The maximum Gasteiger partial charge on any atom is 0.243 e. The molecule has 0 spiro atoms. The van der Waals surface area contributed by atoms with E-state index in [1.54, 1.807) is 19.1 Å². The molecule has 1 fully saturated rings. The molecule has 0 aromatic heterocycles. The van der Waals surface area contributed by atoms with Crippen LogP contribution in [0.3, 0.4) is 0 Å². The van der Waals surface area contributed by atoms with Gasteiger partial charge >= 0.3 is 0 Å². The van der Waals surface area contributed by atoms with Crippen molar-refractivity contribution in [2.45, 2.75) is 24.3 Å². The Bertz CT molecular complexity index is 761. The van der Waals surface area contributed by atoms with Gasteiger partial charge in [-0.05, 0) is 31.0 Å². The largest absolute Gasteiger partial charge is 0.395 e. The van der Waals surface area contributed by atoms with Gasteiger partial charge in [0.2, 0.25) is 10.0 Å². The standard InChI is InChI=1S/C13H18ClNO5S2/c1-10-2-3-11(14)8-13(10)22(19,20)15(5-6-16)12-4-7-21(17,18)9-12/h2-3,8,12,16H,4-7,9H2,1H3/t12-/m0/s1. The Hall–Kier alpha value is -0.670. The van der Waals surface area contributed by atoms with Crippen molar-refractivity contribution in [3.05, 3.63) is 28.8 Å². The van der Waals surface area contributed by atoms with Crippen LogP contribution in [0.2, 0.25) is 5.02 Å². The predicted octanol–water partition coefficient (Wildman–Crippen LogP) is 0.819. The van der Waals surface area contributed by atoms with E-state index in [2.05, 4.69) is 0 Å². The second kappa shape index (κ2) is 6.45. The first-order valence-electron chi connectivity index (χ1n) is 6.76. The molecule has 0 saturated carbocycles. The second-order valence-corrected chi connectivity index (χ2v) is 9.83. The Labute approximate surface area is 135 Å². The highest BCUT2D eigenvalue weighted by Crippen LogP contribution is 2.28. The van der Waals surface area contributed by atoms with Crippen LogP contribution in [0.15, 0.2) is 23.1 Å². The number of rotatable bonds is 5. The lowest BCUT2D eigenvalue weighted by Crippen LogP contribution is -2.43. The van der Waals surface area contributed by atoms with Gasteiger partial charge in [-0.1, -0.05) is 17.7 Å². The summed E-state index contributed by atoms with van der Waals surface area (Å²) in [6, 6.07) is 3.88. The Morgan fingerprint density at radius 3 is 2.64 bits per heavy atom. The summed E-state index contributed by atoms with van der Waals surface area (Å²) in [5, 5.41) is 9.46. The highest BCUT2D eigenvalue weighted by molar-refractivity contribution is 7.92. The number of hydrogen-bond acceptors (Lipinski definition) is 5. The fourth-order valence-electron chi connectivity index (χ4n) is 2.58. The number of aliphatic hydroxyl groups is 1. The molecule has 9 heteroatoms. The summed E-state index contributed by atoms with van der Waals surface area (Å²) in [6.45, 7) is 1.12. The summed E-state index contributed by atoms with van der Waals surface area (Å²) in [7, 11) is -7.16. The van der Waals surface area contributed by atoms with E-state index in [1.807, 2.05) is 0 Å². The zero-order chi connectivity index (χ0) is 16.5. The minimum atomic E-state index is -3.93. The van der Waals surface area contributed by atoms with Crippen molar-refractivity contribution < 1.29 is 21.9 Å². The molecule has 1 heterocycles. The molecule has 1 saturated heterocycles. The van der Waals surface area contributed by atoms with Crippen molar-refractivity contribution in [2.75, 3.05) is 24.7 Å². The number of hydrogen-bond donors (Lipinski definition) is 1. The molecular weight excluding hydrogens is 350 g/mol. The van der Waals surface area contributed by atoms with Crippen LogP contribution in [-0.2, 0) is 19.9 Å². The number of sulfone groups is 1. The predicted molar refractivity (Wildman–Crippen MR) is 84.2 cm³/mol. The van der Waals surface area contributed by atoms with Gasteiger partial charge in [-0.25, -0.2) is 16.8 Å². The fraction of sp³-hybridized carbons (Fsp3) is 0.538. The molecule has 0 amide bonds. The third-order valence-electron chi connectivity index (χ3n) is 3.67. The number of halogens is 1. The SMILES string of the molecule is Cc1ccc(Cl)cc1S(=O)(=O)N(CCO)[C@H]1CCS(=O)(=O)C1. The van der Waals surface area contributed by atoms with E-state index in [-0.39, 0.29) is 41.0 Å². The van der Waals surface area contributed by atoms with Crippen LogP contribution in [0, 0.1) is 6.92 Å². The fourth-order valence-corrected chi connectivity index (χ4v) is 6.54. The highest BCUT2D eigenvalue weighted by Gasteiger charge is 2.39. The van der Waals surface area contributed by atoms with E-state index < -0.39 is 25.9 Å². The lowest BCUT2D eigenvalue weighted by molar-refractivity contribution is 0.232. The summed E-state index contributed by atoms with van der Waals surface area (Å²) in [5.74, 6) is -0.254. The molecule has 1 atom stereocenters. The molecule has 1 aromatic carbocycles. The molecule has 1 aliphatic rings. The maximum atomic E-state index is 12.9.